The second-order valence-electron chi connectivity index (χ2n) is 5.87. The molecular formula is C22H21NO2S. The Morgan fingerprint density at radius 1 is 0.885 bits per heavy atom. The Bertz CT molecular complexity index is 820. The molecule has 1 unspecified atom stereocenters. The van der Waals surface area contributed by atoms with Crippen LogP contribution in [0.1, 0.15) is 12.5 Å². The van der Waals surface area contributed by atoms with Crippen molar-refractivity contribution >= 4 is 23.4 Å². The molecule has 3 aromatic rings. The van der Waals surface area contributed by atoms with Crippen LogP contribution in [-0.4, -0.2) is 11.2 Å². The van der Waals surface area contributed by atoms with Crippen LogP contribution in [0.4, 0.5) is 5.69 Å². The van der Waals surface area contributed by atoms with Gasteiger partial charge in [-0.05, 0) is 48.9 Å². The van der Waals surface area contributed by atoms with Crippen LogP contribution in [0.3, 0.4) is 0 Å². The van der Waals surface area contributed by atoms with Crippen molar-refractivity contribution in [2.75, 3.05) is 5.32 Å². The van der Waals surface area contributed by atoms with Crippen molar-refractivity contribution in [1.29, 1.82) is 0 Å². The van der Waals surface area contributed by atoms with Gasteiger partial charge in [-0.25, -0.2) is 0 Å². The minimum atomic E-state index is -0.129. The van der Waals surface area contributed by atoms with Crippen molar-refractivity contribution in [3.05, 3.63) is 90.5 Å². The quantitative estimate of drug-likeness (QED) is 0.582. The van der Waals surface area contributed by atoms with E-state index in [-0.39, 0.29) is 11.2 Å². The van der Waals surface area contributed by atoms with Crippen LogP contribution < -0.4 is 10.1 Å². The highest BCUT2D eigenvalue weighted by Crippen LogP contribution is 2.23. The molecule has 4 heteroatoms. The molecule has 132 valence electrons. The topological polar surface area (TPSA) is 38.3 Å². The zero-order chi connectivity index (χ0) is 18.2. The molecule has 0 saturated heterocycles. The zero-order valence-electron chi connectivity index (χ0n) is 14.6. The van der Waals surface area contributed by atoms with E-state index in [9.17, 15) is 4.79 Å². The number of benzene rings is 3. The highest BCUT2D eigenvalue weighted by atomic mass is 32.2. The first-order chi connectivity index (χ1) is 12.7. The van der Waals surface area contributed by atoms with Crippen molar-refractivity contribution in [2.45, 2.75) is 17.9 Å². The van der Waals surface area contributed by atoms with Gasteiger partial charge in [-0.3, -0.25) is 4.79 Å². The number of rotatable bonds is 7. The number of amides is 1. The molecule has 26 heavy (non-hydrogen) atoms. The van der Waals surface area contributed by atoms with Gasteiger partial charge in [0.2, 0.25) is 5.91 Å². The van der Waals surface area contributed by atoms with Crippen LogP contribution in [-0.2, 0) is 10.5 Å². The maximum atomic E-state index is 12.3. The minimum absolute atomic E-state index is 0.00246. The lowest BCUT2D eigenvalue weighted by molar-refractivity contribution is -0.115. The van der Waals surface area contributed by atoms with Gasteiger partial charge < -0.3 is 10.1 Å². The molecule has 0 saturated carbocycles. The van der Waals surface area contributed by atoms with Crippen LogP contribution in [0.5, 0.6) is 11.5 Å². The summed E-state index contributed by atoms with van der Waals surface area (Å²) in [5, 5.41) is 2.82. The Labute approximate surface area is 158 Å². The van der Waals surface area contributed by atoms with Crippen molar-refractivity contribution in [3.63, 3.8) is 0 Å². The lowest BCUT2D eigenvalue weighted by atomic mass is 10.2. The Balaban J connectivity index is 1.50. The average Bonchev–Trinajstić information content (AvgIpc) is 2.69. The van der Waals surface area contributed by atoms with E-state index in [4.69, 9.17) is 4.74 Å². The predicted molar refractivity (Wildman–Crippen MR) is 109 cm³/mol. The van der Waals surface area contributed by atoms with E-state index in [0.717, 1.165) is 22.9 Å². The van der Waals surface area contributed by atoms with Crippen molar-refractivity contribution in [3.8, 4) is 11.5 Å². The molecule has 3 aromatic carbocycles. The third-order valence-electron chi connectivity index (χ3n) is 3.81. The molecule has 1 amide bonds. The first-order valence-corrected chi connectivity index (χ1v) is 9.55. The van der Waals surface area contributed by atoms with Crippen molar-refractivity contribution < 1.29 is 9.53 Å². The van der Waals surface area contributed by atoms with Gasteiger partial charge in [0.1, 0.15) is 11.5 Å². The Hall–Kier alpha value is -2.72. The molecule has 0 bridgehead atoms. The van der Waals surface area contributed by atoms with Crippen LogP contribution in [0.15, 0.2) is 84.9 Å². The molecule has 0 aliphatic rings. The summed E-state index contributed by atoms with van der Waals surface area (Å²) in [6, 6.07) is 27.2. The van der Waals surface area contributed by atoms with E-state index in [1.165, 1.54) is 5.56 Å². The SMILES string of the molecule is CC(SCc1ccccc1)C(=O)Nc1ccc(Oc2ccccc2)cc1. The van der Waals surface area contributed by atoms with E-state index < -0.39 is 0 Å². The number of ether oxygens (including phenoxy) is 1. The van der Waals surface area contributed by atoms with E-state index >= 15 is 0 Å². The summed E-state index contributed by atoms with van der Waals surface area (Å²) in [4.78, 5) is 12.3. The Morgan fingerprint density at radius 2 is 1.46 bits per heavy atom. The molecule has 0 aliphatic carbocycles. The fourth-order valence-corrected chi connectivity index (χ4v) is 3.19. The summed E-state index contributed by atoms with van der Waals surface area (Å²) < 4.78 is 5.76. The predicted octanol–water partition coefficient (Wildman–Crippen LogP) is 5.74. The summed E-state index contributed by atoms with van der Waals surface area (Å²) in [5.74, 6) is 2.35. The van der Waals surface area contributed by atoms with Gasteiger partial charge >= 0.3 is 0 Å². The molecular weight excluding hydrogens is 342 g/mol. The van der Waals surface area contributed by atoms with Crippen LogP contribution in [0, 0.1) is 0 Å². The van der Waals surface area contributed by atoms with Gasteiger partial charge in [-0.15, -0.1) is 11.8 Å². The van der Waals surface area contributed by atoms with E-state index in [0.29, 0.717) is 0 Å². The second kappa shape index (κ2) is 9.11. The van der Waals surface area contributed by atoms with Crippen molar-refractivity contribution in [2.24, 2.45) is 0 Å². The fourth-order valence-electron chi connectivity index (χ4n) is 2.35. The maximum Gasteiger partial charge on any atom is 0.237 e. The summed E-state index contributed by atoms with van der Waals surface area (Å²) in [6.07, 6.45) is 0. The van der Waals surface area contributed by atoms with Gasteiger partial charge in [-0.2, -0.15) is 0 Å². The zero-order valence-corrected chi connectivity index (χ0v) is 15.4. The Morgan fingerprint density at radius 3 is 2.12 bits per heavy atom. The van der Waals surface area contributed by atoms with Gasteiger partial charge in [0, 0.05) is 11.4 Å². The molecule has 1 atom stereocenters. The van der Waals surface area contributed by atoms with E-state index in [1.54, 1.807) is 11.8 Å². The van der Waals surface area contributed by atoms with Gasteiger partial charge in [0.05, 0.1) is 5.25 Å². The van der Waals surface area contributed by atoms with Gasteiger partial charge in [0.15, 0.2) is 0 Å². The fraction of sp³-hybridized carbons (Fsp3) is 0.136. The van der Waals surface area contributed by atoms with Crippen LogP contribution in [0.25, 0.3) is 0 Å². The molecule has 3 rings (SSSR count). The average molecular weight is 363 g/mol. The molecule has 0 aromatic heterocycles. The molecule has 0 fully saturated rings. The monoisotopic (exact) mass is 363 g/mol. The highest BCUT2D eigenvalue weighted by molar-refractivity contribution is 7.99. The molecule has 0 spiro atoms. The Kier molecular flexibility index (Phi) is 6.34. The van der Waals surface area contributed by atoms with Gasteiger partial charge in [0.25, 0.3) is 0 Å². The number of nitrogens with one attached hydrogen (secondary N) is 1. The molecule has 0 aliphatic heterocycles. The maximum absolute atomic E-state index is 12.3. The summed E-state index contributed by atoms with van der Waals surface area (Å²) in [5.41, 5.74) is 1.99. The highest BCUT2D eigenvalue weighted by Gasteiger charge is 2.13. The third-order valence-corrected chi connectivity index (χ3v) is 5.03. The van der Waals surface area contributed by atoms with Crippen LogP contribution in [0.2, 0.25) is 0 Å². The smallest absolute Gasteiger partial charge is 0.237 e. The molecule has 0 heterocycles. The standard InChI is InChI=1S/C22H21NO2S/c1-17(26-16-18-8-4-2-5-9-18)22(24)23-19-12-14-21(15-13-19)25-20-10-6-3-7-11-20/h2-15,17H,16H2,1H3,(H,23,24). The number of anilines is 1. The molecule has 0 radical (unpaired) electrons. The molecule has 1 N–H and O–H groups in total. The van der Waals surface area contributed by atoms with E-state index in [1.807, 2.05) is 79.7 Å². The largest absolute Gasteiger partial charge is 0.457 e. The number of thioether (sulfide) groups is 1. The third kappa shape index (κ3) is 5.39. The molecule has 3 nitrogen and oxygen atoms in total. The lowest BCUT2D eigenvalue weighted by Crippen LogP contribution is -2.22. The summed E-state index contributed by atoms with van der Waals surface area (Å²) in [7, 11) is 0. The number of hydrogen-bond acceptors (Lipinski definition) is 3. The summed E-state index contributed by atoms with van der Waals surface area (Å²) in [6.45, 7) is 1.93. The first kappa shape index (κ1) is 18.1. The normalized spacial score (nSPS) is 11.6. The minimum Gasteiger partial charge on any atom is -0.457 e. The lowest BCUT2D eigenvalue weighted by Gasteiger charge is -2.12. The first-order valence-electron chi connectivity index (χ1n) is 8.50. The number of carbonyl (C=O) groups is 1. The van der Waals surface area contributed by atoms with Gasteiger partial charge in [-0.1, -0.05) is 48.5 Å². The van der Waals surface area contributed by atoms with E-state index in [2.05, 4.69) is 17.4 Å². The summed E-state index contributed by atoms with van der Waals surface area (Å²) >= 11 is 1.63. The number of hydrogen-bond donors (Lipinski definition) is 1. The second-order valence-corrected chi connectivity index (χ2v) is 7.20. The van der Waals surface area contributed by atoms with Crippen LogP contribution >= 0.6 is 11.8 Å². The van der Waals surface area contributed by atoms with Crippen molar-refractivity contribution in [1.82, 2.24) is 0 Å². The number of para-hydroxylation sites is 1. The number of carbonyl (C=O) groups excluding carboxylic acids is 1.